The molecular formula is C21H22N2O3S. The second-order valence-electron chi connectivity index (χ2n) is 6.51. The lowest BCUT2D eigenvalue weighted by Gasteiger charge is -2.31. The lowest BCUT2D eigenvalue weighted by molar-refractivity contribution is -0.132. The van der Waals surface area contributed by atoms with Gasteiger partial charge in [-0.2, -0.15) is 0 Å². The van der Waals surface area contributed by atoms with Gasteiger partial charge in [-0.05, 0) is 31.2 Å². The molecular weight excluding hydrogens is 360 g/mol. The lowest BCUT2D eigenvalue weighted by atomic mass is 10.2. The Bertz CT molecular complexity index is 907. The predicted octanol–water partition coefficient (Wildman–Crippen LogP) is 3.92. The summed E-state index contributed by atoms with van der Waals surface area (Å²) >= 11 is 1.66. The molecule has 0 saturated carbocycles. The van der Waals surface area contributed by atoms with Crippen LogP contribution in [0.15, 0.2) is 48.5 Å². The Morgan fingerprint density at radius 3 is 2.78 bits per heavy atom. The van der Waals surface area contributed by atoms with E-state index in [-0.39, 0.29) is 12.0 Å². The number of carbonyl (C=O) groups excluding carboxylic acids is 1. The Morgan fingerprint density at radius 1 is 1.19 bits per heavy atom. The molecule has 0 saturated heterocycles. The molecule has 1 atom stereocenters. The highest BCUT2D eigenvalue weighted by Gasteiger charge is 2.24. The monoisotopic (exact) mass is 382 g/mol. The smallest absolute Gasteiger partial charge is 0.223 e. The molecule has 6 heteroatoms. The number of thiazole rings is 1. The first-order valence-electron chi connectivity index (χ1n) is 9.23. The summed E-state index contributed by atoms with van der Waals surface area (Å²) in [6.07, 6.45) is 0.975. The van der Waals surface area contributed by atoms with E-state index >= 15 is 0 Å². The molecule has 2 aromatic carbocycles. The van der Waals surface area contributed by atoms with Crippen LogP contribution in [-0.4, -0.2) is 41.6 Å². The van der Waals surface area contributed by atoms with E-state index in [4.69, 9.17) is 9.47 Å². The van der Waals surface area contributed by atoms with Crippen LogP contribution < -0.4 is 9.47 Å². The third-order valence-corrected chi connectivity index (χ3v) is 5.71. The van der Waals surface area contributed by atoms with Crippen LogP contribution in [0.1, 0.15) is 18.4 Å². The van der Waals surface area contributed by atoms with Crippen LogP contribution in [0.5, 0.6) is 11.5 Å². The Balaban J connectivity index is 1.34. The molecule has 140 valence electrons. The van der Waals surface area contributed by atoms with Crippen LogP contribution >= 0.6 is 11.3 Å². The number of hydrogen-bond donors (Lipinski definition) is 0. The summed E-state index contributed by atoms with van der Waals surface area (Å²) in [7, 11) is 0. The Kier molecular flexibility index (Phi) is 5.25. The number of ether oxygens (including phenoxy) is 2. The van der Waals surface area contributed by atoms with Gasteiger partial charge < -0.3 is 14.4 Å². The fourth-order valence-corrected chi connectivity index (χ4v) is 4.17. The third kappa shape index (κ3) is 4.06. The van der Waals surface area contributed by atoms with Gasteiger partial charge in [0.2, 0.25) is 5.91 Å². The Hall–Kier alpha value is -2.60. The maximum Gasteiger partial charge on any atom is 0.223 e. The van der Waals surface area contributed by atoms with Gasteiger partial charge in [0.05, 0.1) is 21.8 Å². The molecule has 1 amide bonds. The van der Waals surface area contributed by atoms with E-state index in [0.717, 1.165) is 22.0 Å². The second-order valence-corrected chi connectivity index (χ2v) is 7.62. The highest BCUT2D eigenvalue weighted by Crippen LogP contribution is 2.31. The normalized spacial score (nSPS) is 15.7. The number of likely N-dealkylation sites (N-methyl/N-ethyl adjacent to an activating group) is 1. The minimum Gasteiger partial charge on any atom is -0.486 e. The molecule has 1 aromatic heterocycles. The summed E-state index contributed by atoms with van der Waals surface area (Å²) in [4.78, 5) is 19.1. The maximum absolute atomic E-state index is 12.7. The first kappa shape index (κ1) is 17.8. The number of amides is 1. The largest absolute Gasteiger partial charge is 0.486 e. The molecule has 27 heavy (non-hydrogen) atoms. The van der Waals surface area contributed by atoms with Crippen molar-refractivity contribution in [1.29, 1.82) is 0 Å². The molecule has 2 heterocycles. The van der Waals surface area contributed by atoms with Crippen molar-refractivity contribution in [2.45, 2.75) is 25.9 Å². The zero-order chi connectivity index (χ0) is 18.6. The SMILES string of the molecule is CCN(CC1COc2ccccc2O1)C(=O)CCc1nc2ccccc2s1. The van der Waals surface area contributed by atoms with Crippen molar-refractivity contribution in [2.75, 3.05) is 19.7 Å². The summed E-state index contributed by atoms with van der Waals surface area (Å²) in [5.74, 6) is 1.63. The molecule has 0 spiro atoms. The van der Waals surface area contributed by atoms with Crippen LogP contribution in [0.2, 0.25) is 0 Å². The second kappa shape index (κ2) is 7.96. The summed E-state index contributed by atoms with van der Waals surface area (Å²) in [6.45, 7) is 3.63. The molecule has 5 nitrogen and oxygen atoms in total. The number of fused-ring (bicyclic) bond motifs is 2. The molecule has 0 bridgehead atoms. The van der Waals surface area contributed by atoms with Crippen molar-refractivity contribution in [1.82, 2.24) is 9.88 Å². The topological polar surface area (TPSA) is 51.7 Å². The number of para-hydroxylation sites is 3. The number of nitrogens with zero attached hydrogens (tertiary/aromatic N) is 2. The van der Waals surface area contributed by atoms with Crippen LogP contribution in [0, 0.1) is 0 Å². The van der Waals surface area contributed by atoms with E-state index in [9.17, 15) is 4.79 Å². The average molecular weight is 382 g/mol. The number of aryl methyl sites for hydroxylation is 1. The summed E-state index contributed by atoms with van der Waals surface area (Å²) in [5, 5.41) is 1.01. The maximum atomic E-state index is 12.7. The van der Waals surface area contributed by atoms with Gasteiger partial charge in [-0.25, -0.2) is 4.98 Å². The van der Waals surface area contributed by atoms with Crippen molar-refractivity contribution in [3.8, 4) is 11.5 Å². The van der Waals surface area contributed by atoms with Crippen molar-refractivity contribution in [3.05, 3.63) is 53.5 Å². The van der Waals surface area contributed by atoms with Crippen LogP contribution in [0.4, 0.5) is 0 Å². The molecule has 4 rings (SSSR count). The Labute approximate surface area is 162 Å². The summed E-state index contributed by atoms with van der Waals surface area (Å²) in [6, 6.07) is 15.7. The molecule has 0 aliphatic carbocycles. The van der Waals surface area contributed by atoms with E-state index in [0.29, 0.717) is 32.5 Å². The van der Waals surface area contributed by atoms with Crippen molar-refractivity contribution in [3.63, 3.8) is 0 Å². The van der Waals surface area contributed by atoms with Crippen LogP contribution in [-0.2, 0) is 11.2 Å². The van der Waals surface area contributed by atoms with E-state index in [2.05, 4.69) is 11.1 Å². The summed E-state index contributed by atoms with van der Waals surface area (Å²) in [5.41, 5.74) is 1.00. The quantitative estimate of drug-likeness (QED) is 0.648. The first-order chi connectivity index (χ1) is 13.2. The predicted molar refractivity (Wildman–Crippen MR) is 107 cm³/mol. The van der Waals surface area contributed by atoms with Crippen molar-refractivity contribution in [2.24, 2.45) is 0 Å². The molecule has 0 N–H and O–H groups in total. The highest BCUT2D eigenvalue weighted by molar-refractivity contribution is 7.18. The number of rotatable bonds is 6. The van der Waals surface area contributed by atoms with Gasteiger partial charge >= 0.3 is 0 Å². The molecule has 0 radical (unpaired) electrons. The van der Waals surface area contributed by atoms with Crippen molar-refractivity contribution >= 4 is 27.5 Å². The Morgan fingerprint density at radius 2 is 1.96 bits per heavy atom. The first-order valence-corrected chi connectivity index (χ1v) is 10.1. The van der Waals surface area contributed by atoms with E-state index in [1.807, 2.05) is 54.3 Å². The zero-order valence-electron chi connectivity index (χ0n) is 15.3. The van der Waals surface area contributed by atoms with Gasteiger partial charge in [-0.15, -0.1) is 11.3 Å². The highest BCUT2D eigenvalue weighted by atomic mass is 32.1. The van der Waals surface area contributed by atoms with Gasteiger partial charge in [0.15, 0.2) is 17.6 Å². The van der Waals surface area contributed by atoms with E-state index in [1.165, 1.54) is 4.70 Å². The van der Waals surface area contributed by atoms with Gasteiger partial charge in [-0.1, -0.05) is 24.3 Å². The number of benzene rings is 2. The van der Waals surface area contributed by atoms with Crippen LogP contribution in [0.3, 0.4) is 0 Å². The minimum absolute atomic E-state index is 0.124. The van der Waals surface area contributed by atoms with Crippen molar-refractivity contribution < 1.29 is 14.3 Å². The number of aromatic nitrogens is 1. The van der Waals surface area contributed by atoms with E-state index < -0.39 is 0 Å². The van der Waals surface area contributed by atoms with E-state index in [1.54, 1.807) is 11.3 Å². The fourth-order valence-electron chi connectivity index (χ4n) is 3.20. The molecule has 1 aliphatic heterocycles. The van der Waals surface area contributed by atoms with Crippen LogP contribution in [0.25, 0.3) is 10.2 Å². The molecule has 1 aliphatic rings. The van der Waals surface area contributed by atoms with Gasteiger partial charge in [0.25, 0.3) is 0 Å². The van der Waals surface area contributed by atoms with Gasteiger partial charge in [0.1, 0.15) is 6.61 Å². The number of hydrogen-bond acceptors (Lipinski definition) is 5. The minimum atomic E-state index is -0.147. The molecule has 1 unspecified atom stereocenters. The zero-order valence-corrected chi connectivity index (χ0v) is 16.1. The average Bonchev–Trinajstić information content (AvgIpc) is 3.13. The van der Waals surface area contributed by atoms with Gasteiger partial charge in [0, 0.05) is 19.4 Å². The fraction of sp³-hybridized carbons (Fsp3) is 0.333. The molecule has 0 fully saturated rings. The standard InChI is InChI=1S/C21H22N2O3S/c1-2-23(13-15-14-25-17-8-4-5-9-18(17)26-15)21(24)12-11-20-22-16-7-3-6-10-19(16)27-20/h3-10,15H,2,11-14H2,1H3. The third-order valence-electron chi connectivity index (χ3n) is 4.62. The lowest BCUT2D eigenvalue weighted by Crippen LogP contribution is -2.43. The number of carbonyl (C=O) groups is 1. The molecule has 3 aromatic rings. The van der Waals surface area contributed by atoms with Gasteiger partial charge in [-0.3, -0.25) is 4.79 Å². The summed E-state index contributed by atoms with van der Waals surface area (Å²) < 4.78 is 12.9.